The van der Waals surface area contributed by atoms with Gasteiger partial charge in [0.05, 0.1) is 0 Å². The molecule has 0 saturated heterocycles. The predicted molar refractivity (Wildman–Crippen MR) is 41.7 cm³/mol. The number of aromatic hydroxyl groups is 1. The lowest BCUT2D eigenvalue weighted by atomic mass is 10.2. The van der Waals surface area contributed by atoms with Gasteiger partial charge in [-0.3, -0.25) is 0 Å². The molecule has 11 heavy (non-hydrogen) atoms. The third kappa shape index (κ3) is 2.08. The zero-order chi connectivity index (χ0) is 8.27. The molecule has 0 unspecified atom stereocenters. The second-order valence-electron chi connectivity index (χ2n) is 2.11. The summed E-state index contributed by atoms with van der Waals surface area (Å²) in [6.45, 7) is 0.187. The Balaban J connectivity index is 2.93. The number of halogens is 1. The summed E-state index contributed by atoms with van der Waals surface area (Å²) in [7, 11) is 0. The van der Waals surface area contributed by atoms with E-state index >= 15 is 0 Å². The van der Waals surface area contributed by atoms with Crippen molar-refractivity contribution in [3.05, 3.63) is 28.8 Å². The summed E-state index contributed by atoms with van der Waals surface area (Å²) < 4.78 is 0. The number of benzene rings is 1. The van der Waals surface area contributed by atoms with E-state index in [0.717, 1.165) is 0 Å². The van der Waals surface area contributed by atoms with Crippen molar-refractivity contribution in [1.29, 1.82) is 0 Å². The van der Waals surface area contributed by atoms with Crippen LogP contribution in [0.3, 0.4) is 0 Å². The van der Waals surface area contributed by atoms with Crippen LogP contribution in [0.2, 0.25) is 5.02 Å². The van der Waals surface area contributed by atoms with Gasteiger partial charge < -0.3 is 10.3 Å². The number of hydrogen-bond donors (Lipinski definition) is 3. The van der Waals surface area contributed by atoms with Gasteiger partial charge in [-0.05, 0) is 18.2 Å². The van der Waals surface area contributed by atoms with Crippen LogP contribution in [0.15, 0.2) is 18.2 Å². The summed E-state index contributed by atoms with van der Waals surface area (Å²) in [4.78, 5) is 0. The maximum Gasteiger partial charge on any atom is 0.120 e. The van der Waals surface area contributed by atoms with Gasteiger partial charge in [-0.2, -0.15) is 0 Å². The molecule has 1 rings (SSSR count). The highest BCUT2D eigenvalue weighted by molar-refractivity contribution is 6.30. The van der Waals surface area contributed by atoms with Gasteiger partial charge in [0.15, 0.2) is 0 Å². The molecular formula is C7H8ClNO2. The lowest BCUT2D eigenvalue weighted by Gasteiger charge is -2.02. The number of hydroxylamine groups is 1. The topological polar surface area (TPSA) is 52.5 Å². The Labute approximate surface area is 69.2 Å². The molecule has 1 aromatic rings. The molecule has 0 fully saturated rings. The van der Waals surface area contributed by atoms with Crippen LogP contribution in [0.25, 0.3) is 0 Å². The van der Waals surface area contributed by atoms with E-state index in [1.165, 1.54) is 6.07 Å². The van der Waals surface area contributed by atoms with E-state index in [4.69, 9.17) is 21.9 Å². The Bertz CT molecular complexity index is 252. The van der Waals surface area contributed by atoms with Gasteiger partial charge in [0, 0.05) is 17.1 Å². The monoisotopic (exact) mass is 173 g/mol. The molecule has 0 spiro atoms. The molecule has 3 nitrogen and oxygen atoms in total. The summed E-state index contributed by atoms with van der Waals surface area (Å²) in [5.41, 5.74) is 2.50. The minimum atomic E-state index is 0.121. The zero-order valence-electron chi connectivity index (χ0n) is 5.71. The quantitative estimate of drug-likeness (QED) is 0.595. The first-order valence-corrected chi connectivity index (χ1v) is 3.46. The number of phenolic OH excluding ortho intramolecular Hbond substituents is 1. The molecular weight excluding hydrogens is 166 g/mol. The van der Waals surface area contributed by atoms with Crippen molar-refractivity contribution in [1.82, 2.24) is 5.48 Å². The minimum Gasteiger partial charge on any atom is -0.508 e. The highest BCUT2D eigenvalue weighted by Gasteiger charge is 1.99. The van der Waals surface area contributed by atoms with E-state index in [1.54, 1.807) is 12.1 Å². The molecule has 0 bridgehead atoms. The number of hydrogen-bond acceptors (Lipinski definition) is 3. The fourth-order valence-corrected chi connectivity index (χ4v) is 0.976. The molecule has 60 valence electrons. The van der Waals surface area contributed by atoms with Crippen LogP contribution >= 0.6 is 11.6 Å². The van der Waals surface area contributed by atoms with Crippen molar-refractivity contribution in [2.24, 2.45) is 0 Å². The molecule has 0 aromatic heterocycles. The second-order valence-corrected chi connectivity index (χ2v) is 2.54. The standard InChI is InChI=1S/C7H8ClNO2/c8-6-1-2-7(10)5(3-6)4-9-11/h1-3,9-11H,4H2. The van der Waals surface area contributed by atoms with Crippen molar-refractivity contribution >= 4 is 11.6 Å². The SMILES string of the molecule is ONCc1cc(Cl)ccc1O. The Morgan fingerprint density at radius 2 is 2.18 bits per heavy atom. The second kappa shape index (κ2) is 3.57. The Hall–Kier alpha value is -0.770. The first kappa shape index (κ1) is 8.33. The Kier molecular flexibility index (Phi) is 2.70. The first-order chi connectivity index (χ1) is 5.24. The van der Waals surface area contributed by atoms with Gasteiger partial charge in [-0.15, -0.1) is 0 Å². The van der Waals surface area contributed by atoms with Gasteiger partial charge in [0.25, 0.3) is 0 Å². The van der Waals surface area contributed by atoms with Crippen LogP contribution in [0.1, 0.15) is 5.56 Å². The van der Waals surface area contributed by atoms with Crippen molar-refractivity contribution in [2.75, 3.05) is 0 Å². The summed E-state index contributed by atoms with van der Waals surface area (Å²) >= 11 is 5.63. The first-order valence-electron chi connectivity index (χ1n) is 3.08. The third-order valence-corrected chi connectivity index (χ3v) is 1.55. The Morgan fingerprint density at radius 3 is 2.82 bits per heavy atom. The summed E-state index contributed by atoms with van der Waals surface area (Å²) in [5.74, 6) is 0.121. The van der Waals surface area contributed by atoms with Crippen LogP contribution < -0.4 is 5.48 Å². The van der Waals surface area contributed by atoms with E-state index in [2.05, 4.69) is 0 Å². The van der Waals surface area contributed by atoms with Gasteiger partial charge in [0.2, 0.25) is 0 Å². The number of phenols is 1. The lowest BCUT2D eigenvalue weighted by molar-refractivity contribution is 0.160. The minimum absolute atomic E-state index is 0.121. The van der Waals surface area contributed by atoms with Gasteiger partial charge in [-0.25, -0.2) is 5.48 Å². The predicted octanol–water partition coefficient (Wildman–Crippen LogP) is 1.52. The number of rotatable bonds is 2. The molecule has 0 atom stereocenters. The van der Waals surface area contributed by atoms with Crippen molar-refractivity contribution in [2.45, 2.75) is 6.54 Å². The zero-order valence-corrected chi connectivity index (χ0v) is 6.47. The lowest BCUT2D eigenvalue weighted by Crippen LogP contribution is -2.05. The molecule has 3 N–H and O–H groups in total. The summed E-state index contributed by atoms with van der Waals surface area (Å²) in [6, 6.07) is 4.65. The van der Waals surface area contributed by atoms with Crippen molar-refractivity contribution < 1.29 is 10.3 Å². The maximum absolute atomic E-state index is 9.16. The van der Waals surface area contributed by atoms with Crippen LogP contribution in [-0.2, 0) is 6.54 Å². The van der Waals surface area contributed by atoms with Crippen molar-refractivity contribution in [3.63, 3.8) is 0 Å². The smallest absolute Gasteiger partial charge is 0.120 e. The highest BCUT2D eigenvalue weighted by Crippen LogP contribution is 2.20. The summed E-state index contributed by atoms with van der Waals surface area (Å²) in [5, 5.41) is 18.0. The molecule has 0 radical (unpaired) electrons. The van der Waals surface area contributed by atoms with Crippen LogP contribution in [0.4, 0.5) is 0 Å². The molecule has 0 amide bonds. The fraction of sp³-hybridized carbons (Fsp3) is 0.143. The van der Waals surface area contributed by atoms with E-state index in [-0.39, 0.29) is 12.3 Å². The maximum atomic E-state index is 9.16. The fourth-order valence-electron chi connectivity index (χ4n) is 0.781. The van der Waals surface area contributed by atoms with E-state index < -0.39 is 0 Å². The molecule has 0 aliphatic rings. The molecule has 1 aromatic carbocycles. The average molecular weight is 174 g/mol. The third-order valence-electron chi connectivity index (χ3n) is 1.31. The molecule has 0 aliphatic carbocycles. The molecule has 4 heteroatoms. The summed E-state index contributed by atoms with van der Waals surface area (Å²) in [6.07, 6.45) is 0. The largest absolute Gasteiger partial charge is 0.508 e. The number of nitrogens with one attached hydrogen (secondary N) is 1. The van der Waals surface area contributed by atoms with E-state index in [0.29, 0.717) is 10.6 Å². The molecule has 0 heterocycles. The van der Waals surface area contributed by atoms with Gasteiger partial charge in [0.1, 0.15) is 5.75 Å². The van der Waals surface area contributed by atoms with E-state index in [1.807, 2.05) is 5.48 Å². The highest BCUT2D eigenvalue weighted by atomic mass is 35.5. The average Bonchev–Trinajstić information content (AvgIpc) is 1.98. The normalized spacial score (nSPS) is 10.0. The van der Waals surface area contributed by atoms with Crippen LogP contribution in [-0.4, -0.2) is 10.3 Å². The van der Waals surface area contributed by atoms with E-state index in [9.17, 15) is 0 Å². The van der Waals surface area contributed by atoms with Crippen molar-refractivity contribution in [3.8, 4) is 5.75 Å². The van der Waals surface area contributed by atoms with Crippen LogP contribution in [0, 0.1) is 0 Å². The van der Waals surface area contributed by atoms with Gasteiger partial charge in [-0.1, -0.05) is 11.6 Å². The Morgan fingerprint density at radius 1 is 1.45 bits per heavy atom. The van der Waals surface area contributed by atoms with Crippen LogP contribution in [0.5, 0.6) is 5.75 Å². The molecule has 0 saturated carbocycles. The van der Waals surface area contributed by atoms with Gasteiger partial charge >= 0.3 is 0 Å². The molecule has 0 aliphatic heterocycles.